The van der Waals surface area contributed by atoms with E-state index in [-0.39, 0.29) is 24.4 Å². The molecule has 0 radical (unpaired) electrons. The van der Waals surface area contributed by atoms with Crippen LogP contribution in [0.25, 0.3) is 11.0 Å². The van der Waals surface area contributed by atoms with E-state index in [9.17, 15) is 9.59 Å². The van der Waals surface area contributed by atoms with E-state index in [0.29, 0.717) is 34.8 Å². The zero-order valence-corrected chi connectivity index (χ0v) is 17.0. The number of fused-ring (bicyclic) bond motifs is 1. The van der Waals surface area contributed by atoms with Gasteiger partial charge >= 0.3 is 6.03 Å². The number of nitrogens with zero attached hydrogens (tertiary/aromatic N) is 3. The van der Waals surface area contributed by atoms with Crippen LogP contribution in [0.1, 0.15) is 51.8 Å². The van der Waals surface area contributed by atoms with E-state index < -0.39 is 0 Å². The number of imidazole rings is 1. The van der Waals surface area contributed by atoms with Gasteiger partial charge in [0.25, 0.3) is 0 Å². The Balaban J connectivity index is 1.94. The maximum Gasteiger partial charge on any atom is 0.327 e. The maximum absolute atomic E-state index is 13.1. The fraction of sp³-hybridized carbons (Fsp3) is 0.550. The van der Waals surface area contributed by atoms with Crippen molar-refractivity contribution in [2.75, 3.05) is 13.1 Å². The topological polar surface area (TPSA) is 67.2 Å². The number of carbonyl (C=O) groups excluding carboxylic acids is 2. The first-order chi connectivity index (χ1) is 13.0. The Morgan fingerprint density at radius 3 is 2.59 bits per heavy atom. The lowest BCUT2D eigenvalue weighted by molar-refractivity contribution is -0.130. The molecule has 2 amide bonds. The smallest absolute Gasteiger partial charge is 0.327 e. The van der Waals surface area contributed by atoms with E-state index in [0.717, 1.165) is 25.7 Å². The van der Waals surface area contributed by atoms with Gasteiger partial charge in [0.1, 0.15) is 11.3 Å². The second-order valence-corrected chi connectivity index (χ2v) is 7.52. The molecule has 1 heterocycles. The average Bonchev–Trinajstić information content (AvgIpc) is 3.03. The number of amides is 2. The Kier molecular flexibility index (Phi) is 6.42. The van der Waals surface area contributed by atoms with Crippen LogP contribution in [0.3, 0.4) is 0 Å². The van der Waals surface area contributed by atoms with Crippen molar-refractivity contribution in [3.05, 3.63) is 24.0 Å². The molecular weight excluding hydrogens is 360 g/mol. The number of aromatic nitrogens is 2. The molecule has 1 aromatic carbocycles. The van der Waals surface area contributed by atoms with Crippen molar-refractivity contribution >= 4 is 35.6 Å². The predicted molar refractivity (Wildman–Crippen MR) is 109 cm³/mol. The van der Waals surface area contributed by atoms with E-state index in [1.54, 1.807) is 9.47 Å². The van der Waals surface area contributed by atoms with E-state index in [2.05, 4.69) is 22.9 Å². The van der Waals surface area contributed by atoms with Gasteiger partial charge in [-0.05, 0) is 38.8 Å². The van der Waals surface area contributed by atoms with Crippen LogP contribution in [0.2, 0.25) is 0 Å². The summed E-state index contributed by atoms with van der Waals surface area (Å²) in [4.78, 5) is 32.7. The summed E-state index contributed by atoms with van der Waals surface area (Å²) >= 11 is 4.48. The Hall–Kier alpha value is -2.02. The highest BCUT2D eigenvalue weighted by molar-refractivity contribution is 7.80. The van der Waals surface area contributed by atoms with Gasteiger partial charge in [0.15, 0.2) is 0 Å². The number of carbonyl (C=O) groups is 2. The SMILES string of the molecule is CCN(CC)C(=O)Cc1nc2c(S)cccc2n1C(=O)NC1CCCCC1. The van der Waals surface area contributed by atoms with Crippen molar-refractivity contribution in [3.63, 3.8) is 0 Å². The van der Waals surface area contributed by atoms with Gasteiger partial charge in [-0.1, -0.05) is 25.3 Å². The summed E-state index contributed by atoms with van der Waals surface area (Å²) < 4.78 is 1.56. The molecule has 27 heavy (non-hydrogen) atoms. The summed E-state index contributed by atoms with van der Waals surface area (Å²) in [5, 5.41) is 3.14. The second kappa shape index (κ2) is 8.78. The first-order valence-corrected chi connectivity index (χ1v) is 10.3. The minimum atomic E-state index is -0.203. The van der Waals surface area contributed by atoms with Gasteiger partial charge in [0.2, 0.25) is 5.91 Å². The summed E-state index contributed by atoms with van der Waals surface area (Å²) in [7, 11) is 0. The highest BCUT2D eigenvalue weighted by Crippen LogP contribution is 2.24. The van der Waals surface area contributed by atoms with Crippen LogP contribution in [0.4, 0.5) is 4.79 Å². The Bertz CT molecular complexity index is 823. The number of para-hydroxylation sites is 1. The van der Waals surface area contributed by atoms with Gasteiger partial charge in [-0.3, -0.25) is 4.79 Å². The lowest BCUT2D eigenvalue weighted by atomic mass is 9.96. The zero-order valence-electron chi connectivity index (χ0n) is 16.1. The molecule has 0 atom stereocenters. The van der Waals surface area contributed by atoms with Gasteiger partial charge < -0.3 is 10.2 Å². The number of hydrogen-bond acceptors (Lipinski definition) is 4. The monoisotopic (exact) mass is 388 g/mol. The standard InChI is InChI=1S/C20H28N4O2S/c1-3-23(4-2)18(25)13-17-22-19-15(11-8-12-16(19)27)24(17)20(26)21-14-9-6-5-7-10-14/h8,11-12,14,27H,3-7,9-10,13H2,1-2H3,(H,21,26). The van der Waals surface area contributed by atoms with Crippen LogP contribution in [0.5, 0.6) is 0 Å². The largest absolute Gasteiger partial charge is 0.343 e. The molecule has 7 heteroatoms. The van der Waals surface area contributed by atoms with Crippen molar-refractivity contribution in [2.24, 2.45) is 0 Å². The van der Waals surface area contributed by atoms with Gasteiger partial charge in [-0.15, -0.1) is 12.6 Å². The third-order valence-corrected chi connectivity index (χ3v) is 5.66. The Morgan fingerprint density at radius 1 is 1.22 bits per heavy atom. The maximum atomic E-state index is 13.1. The predicted octanol–water partition coefficient (Wildman–Crippen LogP) is 3.63. The van der Waals surface area contributed by atoms with Crippen LogP contribution in [0.15, 0.2) is 23.1 Å². The highest BCUT2D eigenvalue weighted by atomic mass is 32.1. The van der Waals surface area contributed by atoms with Crippen molar-refractivity contribution in [2.45, 2.75) is 63.3 Å². The zero-order chi connectivity index (χ0) is 19.4. The molecule has 2 aromatic rings. The van der Waals surface area contributed by atoms with Crippen LogP contribution in [0, 0.1) is 0 Å². The molecule has 0 unspecified atom stereocenters. The first kappa shape index (κ1) is 19.7. The average molecular weight is 389 g/mol. The van der Waals surface area contributed by atoms with Gasteiger partial charge in [-0.25, -0.2) is 14.3 Å². The van der Waals surface area contributed by atoms with E-state index in [4.69, 9.17) is 0 Å². The molecule has 0 aliphatic heterocycles. The van der Waals surface area contributed by atoms with Crippen LogP contribution >= 0.6 is 12.6 Å². The van der Waals surface area contributed by atoms with Crippen molar-refractivity contribution < 1.29 is 9.59 Å². The second-order valence-electron chi connectivity index (χ2n) is 7.04. The number of nitrogens with one attached hydrogen (secondary N) is 1. The number of likely N-dealkylation sites (N-methyl/N-ethyl adjacent to an activating group) is 1. The molecule has 1 saturated carbocycles. The summed E-state index contributed by atoms with van der Waals surface area (Å²) in [5.41, 5.74) is 1.35. The quantitative estimate of drug-likeness (QED) is 0.769. The molecule has 0 spiro atoms. The lowest BCUT2D eigenvalue weighted by Crippen LogP contribution is -2.40. The van der Waals surface area contributed by atoms with Crippen LogP contribution in [-0.2, 0) is 11.2 Å². The van der Waals surface area contributed by atoms with Crippen molar-refractivity contribution in [3.8, 4) is 0 Å². The van der Waals surface area contributed by atoms with Crippen LogP contribution in [-0.4, -0.2) is 45.5 Å². The van der Waals surface area contributed by atoms with E-state index in [1.165, 1.54) is 6.42 Å². The molecule has 6 nitrogen and oxygen atoms in total. The molecule has 1 N–H and O–H groups in total. The number of thiol groups is 1. The summed E-state index contributed by atoms with van der Waals surface area (Å²) in [6.45, 7) is 5.18. The molecular formula is C20H28N4O2S. The van der Waals surface area contributed by atoms with Crippen molar-refractivity contribution in [1.29, 1.82) is 0 Å². The molecule has 1 fully saturated rings. The summed E-state index contributed by atoms with van der Waals surface area (Å²) in [6.07, 6.45) is 5.62. The minimum Gasteiger partial charge on any atom is -0.343 e. The molecule has 0 bridgehead atoms. The van der Waals surface area contributed by atoms with Gasteiger partial charge in [0, 0.05) is 24.0 Å². The molecule has 146 valence electrons. The highest BCUT2D eigenvalue weighted by Gasteiger charge is 2.24. The summed E-state index contributed by atoms with van der Waals surface area (Å²) in [6, 6.07) is 5.54. The lowest BCUT2D eigenvalue weighted by Gasteiger charge is -2.23. The third kappa shape index (κ3) is 4.29. The third-order valence-electron chi connectivity index (χ3n) is 5.29. The molecule has 1 aliphatic carbocycles. The number of rotatable bonds is 5. The first-order valence-electron chi connectivity index (χ1n) is 9.83. The van der Waals surface area contributed by atoms with Gasteiger partial charge in [0.05, 0.1) is 11.9 Å². The van der Waals surface area contributed by atoms with Gasteiger partial charge in [-0.2, -0.15) is 0 Å². The Morgan fingerprint density at radius 2 is 1.93 bits per heavy atom. The molecule has 3 rings (SSSR count). The molecule has 0 saturated heterocycles. The van der Waals surface area contributed by atoms with Crippen LogP contribution < -0.4 is 5.32 Å². The van der Waals surface area contributed by atoms with Crippen molar-refractivity contribution in [1.82, 2.24) is 19.8 Å². The number of benzene rings is 1. The van der Waals surface area contributed by atoms with E-state index >= 15 is 0 Å². The fourth-order valence-corrected chi connectivity index (χ4v) is 4.04. The normalized spacial score (nSPS) is 15.1. The fourth-order valence-electron chi connectivity index (χ4n) is 3.79. The Labute approximate surface area is 165 Å². The summed E-state index contributed by atoms with van der Waals surface area (Å²) in [5.74, 6) is 0.444. The minimum absolute atomic E-state index is 0.0252. The number of hydrogen-bond donors (Lipinski definition) is 2. The molecule has 1 aromatic heterocycles. The molecule has 1 aliphatic rings. The van der Waals surface area contributed by atoms with E-state index in [1.807, 2.05) is 32.0 Å².